The van der Waals surface area contributed by atoms with Crippen molar-refractivity contribution in [2.24, 2.45) is 4.99 Å². The summed E-state index contributed by atoms with van der Waals surface area (Å²) < 4.78 is 0. The molecule has 0 aliphatic carbocycles. The van der Waals surface area contributed by atoms with Crippen molar-refractivity contribution < 1.29 is 14.7 Å². The standard InChI is InChI=1S/C23H19N3O3S2/c1-2-12-26-21(27)20(31-23(26)25-17-4-3-11-24-14-17)13-18-9-10-19(30-18)15-5-7-16(8-6-15)22(28)29/h3-11,13-14H,2,12H2,1H3,(H,28,29)/b20-13-,25-23?. The highest BCUT2D eigenvalue weighted by Crippen LogP contribution is 2.36. The molecular weight excluding hydrogens is 430 g/mol. The van der Waals surface area contributed by atoms with Crippen molar-refractivity contribution in [2.75, 3.05) is 6.54 Å². The number of thioether (sulfide) groups is 1. The maximum Gasteiger partial charge on any atom is 0.335 e. The lowest BCUT2D eigenvalue weighted by Crippen LogP contribution is -2.29. The van der Waals surface area contributed by atoms with E-state index in [4.69, 9.17) is 5.11 Å². The molecule has 3 heterocycles. The number of rotatable bonds is 6. The minimum atomic E-state index is -0.944. The number of carboxylic acid groups (broad SMARTS) is 1. The number of aromatic carboxylic acids is 1. The third-order valence-corrected chi connectivity index (χ3v) is 6.61. The molecule has 156 valence electrons. The normalized spacial score (nSPS) is 16.4. The van der Waals surface area contributed by atoms with Crippen molar-refractivity contribution in [3.63, 3.8) is 0 Å². The fourth-order valence-corrected chi connectivity index (χ4v) is 5.08. The Labute approximate surface area is 188 Å². The van der Waals surface area contributed by atoms with Crippen molar-refractivity contribution in [1.82, 2.24) is 9.88 Å². The topological polar surface area (TPSA) is 82.9 Å². The van der Waals surface area contributed by atoms with Crippen LogP contribution in [0.1, 0.15) is 28.6 Å². The summed E-state index contributed by atoms with van der Waals surface area (Å²) in [6.07, 6.45) is 6.09. The summed E-state index contributed by atoms with van der Waals surface area (Å²) >= 11 is 2.92. The number of carboxylic acids is 1. The molecule has 1 aromatic carbocycles. The van der Waals surface area contributed by atoms with Crippen LogP contribution in [0.3, 0.4) is 0 Å². The number of hydrogen-bond donors (Lipinski definition) is 1. The van der Waals surface area contributed by atoms with Gasteiger partial charge in [-0.15, -0.1) is 11.3 Å². The Hall–Kier alpha value is -3.23. The number of aliphatic imine (C=N–C) groups is 1. The predicted octanol–water partition coefficient (Wildman–Crippen LogP) is 5.52. The van der Waals surface area contributed by atoms with Gasteiger partial charge in [0.25, 0.3) is 5.91 Å². The van der Waals surface area contributed by atoms with Crippen molar-refractivity contribution in [1.29, 1.82) is 0 Å². The second-order valence-electron chi connectivity index (χ2n) is 6.76. The van der Waals surface area contributed by atoms with Gasteiger partial charge >= 0.3 is 5.97 Å². The maximum atomic E-state index is 13.0. The van der Waals surface area contributed by atoms with Gasteiger partial charge in [0.05, 0.1) is 22.4 Å². The first kappa shape index (κ1) is 21.0. The van der Waals surface area contributed by atoms with Gasteiger partial charge in [-0.25, -0.2) is 9.79 Å². The molecule has 3 aromatic rings. The van der Waals surface area contributed by atoms with Crippen LogP contribution < -0.4 is 0 Å². The van der Waals surface area contributed by atoms with Crippen LogP contribution in [0, 0.1) is 0 Å². The molecule has 1 aliphatic heterocycles. The molecule has 1 saturated heterocycles. The lowest BCUT2D eigenvalue weighted by Gasteiger charge is -2.13. The zero-order chi connectivity index (χ0) is 21.8. The second kappa shape index (κ2) is 9.28. The van der Waals surface area contributed by atoms with Crippen LogP contribution in [0.4, 0.5) is 5.69 Å². The highest BCUT2D eigenvalue weighted by atomic mass is 32.2. The summed E-state index contributed by atoms with van der Waals surface area (Å²) in [7, 11) is 0. The highest BCUT2D eigenvalue weighted by molar-refractivity contribution is 8.18. The SMILES string of the molecule is CCCN1C(=O)/C(=C/c2ccc(-c3ccc(C(=O)O)cc3)s2)SC1=Nc1cccnc1. The zero-order valence-electron chi connectivity index (χ0n) is 16.7. The summed E-state index contributed by atoms with van der Waals surface area (Å²) in [5.41, 5.74) is 1.91. The number of thiophene rings is 1. The van der Waals surface area contributed by atoms with E-state index in [1.165, 1.54) is 11.8 Å². The lowest BCUT2D eigenvalue weighted by molar-refractivity contribution is -0.122. The van der Waals surface area contributed by atoms with E-state index in [-0.39, 0.29) is 11.5 Å². The number of carbonyl (C=O) groups excluding carboxylic acids is 1. The first-order valence-corrected chi connectivity index (χ1v) is 11.3. The van der Waals surface area contributed by atoms with Gasteiger partial charge < -0.3 is 5.11 Å². The van der Waals surface area contributed by atoms with Crippen LogP contribution in [-0.4, -0.2) is 38.6 Å². The Morgan fingerprint density at radius 2 is 2.00 bits per heavy atom. The monoisotopic (exact) mass is 449 g/mol. The van der Waals surface area contributed by atoms with Crippen LogP contribution in [0.5, 0.6) is 0 Å². The average Bonchev–Trinajstić information content (AvgIpc) is 3.35. The fourth-order valence-electron chi connectivity index (χ4n) is 3.03. The third-order valence-electron chi connectivity index (χ3n) is 4.52. The number of amides is 1. The van der Waals surface area contributed by atoms with Crippen molar-refractivity contribution >= 4 is 51.9 Å². The van der Waals surface area contributed by atoms with Gasteiger partial charge in [0.15, 0.2) is 5.17 Å². The van der Waals surface area contributed by atoms with E-state index in [1.54, 1.807) is 52.9 Å². The van der Waals surface area contributed by atoms with Gasteiger partial charge in [0.2, 0.25) is 0 Å². The summed E-state index contributed by atoms with van der Waals surface area (Å²) in [4.78, 5) is 37.0. The van der Waals surface area contributed by atoms with E-state index in [0.29, 0.717) is 22.3 Å². The van der Waals surface area contributed by atoms with Gasteiger partial charge in [-0.1, -0.05) is 19.1 Å². The molecule has 0 bridgehead atoms. The Morgan fingerprint density at radius 3 is 2.68 bits per heavy atom. The Balaban J connectivity index is 1.59. The molecule has 0 spiro atoms. The molecular formula is C23H19N3O3S2. The molecule has 1 N–H and O–H groups in total. The van der Waals surface area contributed by atoms with Crippen LogP contribution in [0.25, 0.3) is 16.5 Å². The van der Waals surface area contributed by atoms with Gasteiger partial charge in [0.1, 0.15) is 0 Å². The van der Waals surface area contributed by atoms with Crippen molar-refractivity contribution in [3.8, 4) is 10.4 Å². The summed E-state index contributed by atoms with van der Waals surface area (Å²) in [6, 6.07) is 14.4. The molecule has 1 aliphatic rings. The molecule has 8 heteroatoms. The van der Waals surface area contributed by atoms with E-state index in [9.17, 15) is 9.59 Å². The summed E-state index contributed by atoms with van der Waals surface area (Å²) in [6.45, 7) is 2.64. The maximum absolute atomic E-state index is 13.0. The first-order valence-electron chi connectivity index (χ1n) is 9.69. The lowest BCUT2D eigenvalue weighted by atomic mass is 10.1. The largest absolute Gasteiger partial charge is 0.478 e. The Kier molecular flexibility index (Phi) is 6.29. The number of aromatic nitrogens is 1. The number of amidine groups is 1. The summed E-state index contributed by atoms with van der Waals surface area (Å²) in [5, 5.41) is 9.71. The van der Waals surface area contributed by atoms with E-state index in [0.717, 1.165) is 21.7 Å². The molecule has 1 fully saturated rings. The number of pyridine rings is 1. The quantitative estimate of drug-likeness (QED) is 0.501. The fraction of sp³-hybridized carbons (Fsp3) is 0.130. The van der Waals surface area contributed by atoms with E-state index >= 15 is 0 Å². The Morgan fingerprint density at radius 1 is 1.19 bits per heavy atom. The van der Waals surface area contributed by atoms with E-state index in [2.05, 4.69) is 9.98 Å². The number of hydrogen-bond acceptors (Lipinski definition) is 6. The first-order chi connectivity index (χ1) is 15.0. The molecule has 1 amide bonds. The van der Waals surface area contributed by atoms with Gasteiger partial charge in [0, 0.05) is 22.5 Å². The molecule has 2 aromatic heterocycles. The number of nitrogens with zero attached hydrogens (tertiary/aromatic N) is 3. The minimum absolute atomic E-state index is 0.0461. The van der Waals surface area contributed by atoms with E-state index < -0.39 is 5.97 Å². The second-order valence-corrected chi connectivity index (χ2v) is 8.88. The van der Waals surface area contributed by atoms with Crippen LogP contribution in [0.2, 0.25) is 0 Å². The smallest absolute Gasteiger partial charge is 0.335 e. The summed E-state index contributed by atoms with van der Waals surface area (Å²) in [5.74, 6) is -0.990. The number of carbonyl (C=O) groups is 2. The van der Waals surface area contributed by atoms with Crippen molar-refractivity contribution in [3.05, 3.63) is 76.3 Å². The van der Waals surface area contributed by atoms with Gasteiger partial charge in [-0.05, 0) is 66.2 Å². The minimum Gasteiger partial charge on any atom is -0.478 e. The zero-order valence-corrected chi connectivity index (χ0v) is 18.3. The molecule has 6 nitrogen and oxygen atoms in total. The third kappa shape index (κ3) is 4.76. The Bertz CT molecular complexity index is 1170. The number of benzene rings is 1. The van der Waals surface area contributed by atoms with Crippen molar-refractivity contribution in [2.45, 2.75) is 13.3 Å². The van der Waals surface area contributed by atoms with Crippen LogP contribution in [0.15, 0.2) is 70.8 Å². The van der Waals surface area contributed by atoms with Crippen LogP contribution >= 0.6 is 23.1 Å². The average molecular weight is 450 g/mol. The predicted molar refractivity (Wildman–Crippen MR) is 126 cm³/mol. The molecule has 0 unspecified atom stereocenters. The highest BCUT2D eigenvalue weighted by Gasteiger charge is 2.32. The van der Waals surface area contributed by atoms with E-state index in [1.807, 2.05) is 37.3 Å². The molecule has 31 heavy (non-hydrogen) atoms. The molecule has 0 saturated carbocycles. The molecule has 0 radical (unpaired) electrons. The van der Waals surface area contributed by atoms with Crippen LogP contribution in [-0.2, 0) is 4.79 Å². The molecule has 0 atom stereocenters. The van der Waals surface area contributed by atoms with Gasteiger partial charge in [-0.2, -0.15) is 0 Å². The molecule has 4 rings (SSSR count). The van der Waals surface area contributed by atoms with Gasteiger partial charge in [-0.3, -0.25) is 14.7 Å².